The number of carbonyl (C=O) groups excluding carboxylic acids is 1. The fourth-order valence-electron chi connectivity index (χ4n) is 1.38. The van der Waals surface area contributed by atoms with Crippen LogP contribution in [-0.4, -0.2) is 38.9 Å². The number of nitrogens with one attached hydrogen (secondary N) is 1. The molecule has 0 rings (SSSR count). The SMILES string of the molecule is CCCNC(C)(CCOC)CC(=O)OC. The van der Waals surface area contributed by atoms with Crippen molar-refractivity contribution in [2.24, 2.45) is 0 Å². The Morgan fingerprint density at radius 2 is 2.07 bits per heavy atom. The molecule has 0 spiro atoms. The summed E-state index contributed by atoms with van der Waals surface area (Å²) in [6.07, 6.45) is 2.23. The Labute approximate surface area is 92.3 Å². The molecule has 0 saturated carbocycles. The molecule has 1 atom stereocenters. The summed E-state index contributed by atoms with van der Waals surface area (Å²) in [5.41, 5.74) is -0.223. The fraction of sp³-hybridized carbons (Fsp3) is 0.909. The highest BCUT2D eigenvalue weighted by molar-refractivity contribution is 5.70. The molecule has 90 valence electrons. The van der Waals surface area contributed by atoms with E-state index in [9.17, 15) is 4.79 Å². The third-order valence-electron chi connectivity index (χ3n) is 2.42. The minimum Gasteiger partial charge on any atom is -0.469 e. The molecule has 0 aromatic heterocycles. The number of rotatable bonds is 8. The molecule has 4 nitrogen and oxygen atoms in total. The summed E-state index contributed by atoms with van der Waals surface area (Å²) in [4.78, 5) is 11.3. The third-order valence-corrected chi connectivity index (χ3v) is 2.42. The first-order valence-corrected chi connectivity index (χ1v) is 5.38. The Kier molecular flexibility index (Phi) is 7.34. The van der Waals surface area contributed by atoms with E-state index < -0.39 is 0 Å². The van der Waals surface area contributed by atoms with Crippen LogP contribution in [0.4, 0.5) is 0 Å². The zero-order valence-electron chi connectivity index (χ0n) is 10.3. The molecule has 0 amide bonds. The Bertz CT molecular complexity index is 175. The highest BCUT2D eigenvalue weighted by Crippen LogP contribution is 2.15. The van der Waals surface area contributed by atoms with Gasteiger partial charge in [0.2, 0.25) is 0 Å². The number of methoxy groups -OCH3 is 2. The van der Waals surface area contributed by atoms with Gasteiger partial charge in [-0.15, -0.1) is 0 Å². The van der Waals surface area contributed by atoms with Crippen LogP contribution in [0.25, 0.3) is 0 Å². The Balaban J connectivity index is 4.18. The first kappa shape index (κ1) is 14.4. The molecule has 0 bridgehead atoms. The van der Waals surface area contributed by atoms with Gasteiger partial charge >= 0.3 is 5.97 Å². The van der Waals surface area contributed by atoms with Crippen LogP contribution >= 0.6 is 0 Å². The van der Waals surface area contributed by atoms with E-state index in [4.69, 9.17) is 4.74 Å². The van der Waals surface area contributed by atoms with Crippen molar-refractivity contribution in [1.29, 1.82) is 0 Å². The molecule has 0 aliphatic rings. The van der Waals surface area contributed by atoms with Crippen molar-refractivity contribution >= 4 is 5.97 Å². The third kappa shape index (κ3) is 6.47. The van der Waals surface area contributed by atoms with E-state index in [0.717, 1.165) is 19.4 Å². The first-order chi connectivity index (χ1) is 7.08. The minimum atomic E-state index is -0.223. The van der Waals surface area contributed by atoms with Crippen LogP contribution in [0.1, 0.15) is 33.1 Å². The molecule has 0 aromatic rings. The lowest BCUT2D eigenvalue weighted by atomic mass is 9.94. The molecular weight excluding hydrogens is 194 g/mol. The van der Waals surface area contributed by atoms with Crippen LogP contribution in [0.5, 0.6) is 0 Å². The van der Waals surface area contributed by atoms with E-state index in [0.29, 0.717) is 13.0 Å². The summed E-state index contributed by atoms with van der Waals surface area (Å²) in [7, 11) is 3.08. The van der Waals surface area contributed by atoms with Gasteiger partial charge in [-0.05, 0) is 26.3 Å². The Morgan fingerprint density at radius 1 is 1.40 bits per heavy atom. The lowest BCUT2D eigenvalue weighted by Crippen LogP contribution is -2.45. The number of hydrogen-bond donors (Lipinski definition) is 1. The smallest absolute Gasteiger partial charge is 0.307 e. The van der Waals surface area contributed by atoms with Gasteiger partial charge in [0.05, 0.1) is 13.5 Å². The van der Waals surface area contributed by atoms with Crippen molar-refractivity contribution in [3.05, 3.63) is 0 Å². The minimum absolute atomic E-state index is 0.183. The van der Waals surface area contributed by atoms with Crippen molar-refractivity contribution in [2.45, 2.75) is 38.6 Å². The molecule has 0 fully saturated rings. The first-order valence-electron chi connectivity index (χ1n) is 5.38. The summed E-state index contributed by atoms with van der Waals surface area (Å²) in [5, 5.41) is 3.36. The van der Waals surface area contributed by atoms with Gasteiger partial charge in [0.25, 0.3) is 0 Å². The van der Waals surface area contributed by atoms with Gasteiger partial charge in [0.15, 0.2) is 0 Å². The Hall–Kier alpha value is -0.610. The maximum absolute atomic E-state index is 11.3. The average molecular weight is 217 g/mol. The average Bonchev–Trinajstić information content (AvgIpc) is 2.23. The van der Waals surface area contributed by atoms with Crippen LogP contribution in [0.15, 0.2) is 0 Å². The normalized spacial score (nSPS) is 14.7. The van der Waals surface area contributed by atoms with Gasteiger partial charge in [-0.1, -0.05) is 6.92 Å². The quantitative estimate of drug-likeness (QED) is 0.623. The van der Waals surface area contributed by atoms with Crippen molar-refractivity contribution in [2.75, 3.05) is 27.4 Å². The Morgan fingerprint density at radius 3 is 2.53 bits per heavy atom. The molecule has 0 saturated heterocycles. The van der Waals surface area contributed by atoms with E-state index in [-0.39, 0.29) is 11.5 Å². The monoisotopic (exact) mass is 217 g/mol. The summed E-state index contributed by atoms with van der Waals surface area (Å²) < 4.78 is 9.73. The van der Waals surface area contributed by atoms with Gasteiger partial charge < -0.3 is 14.8 Å². The molecule has 15 heavy (non-hydrogen) atoms. The summed E-state index contributed by atoms with van der Waals surface area (Å²) in [6, 6.07) is 0. The molecule has 0 aliphatic carbocycles. The van der Waals surface area contributed by atoms with E-state index in [1.807, 2.05) is 6.92 Å². The number of carbonyl (C=O) groups is 1. The molecule has 0 heterocycles. The lowest BCUT2D eigenvalue weighted by Gasteiger charge is -2.29. The van der Waals surface area contributed by atoms with E-state index in [1.165, 1.54) is 7.11 Å². The highest BCUT2D eigenvalue weighted by atomic mass is 16.5. The largest absolute Gasteiger partial charge is 0.469 e. The lowest BCUT2D eigenvalue weighted by molar-refractivity contribution is -0.142. The number of hydrogen-bond acceptors (Lipinski definition) is 4. The topological polar surface area (TPSA) is 47.6 Å². The van der Waals surface area contributed by atoms with E-state index >= 15 is 0 Å². The fourth-order valence-corrected chi connectivity index (χ4v) is 1.38. The van der Waals surface area contributed by atoms with Gasteiger partial charge in [0, 0.05) is 19.3 Å². The molecule has 4 heteroatoms. The van der Waals surface area contributed by atoms with Crippen molar-refractivity contribution < 1.29 is 14.3 Å². The number of esters is 1. The van der Waals surface area contributed by atoms with Crippen LogP contribution < -0.4 is 5.32 Å². The van der Waals surface area contributed by atoms with Gasteiger partial charge in [-0.3, -0.25) is 4.79 Å². The van der Waals surface area contributed by atoms with Gasteiger partial charge in [-0.25, -0.2) is 0 Å². The number of ether oxygens (including phenoxy) is 2. The predicted molar refractivity (Wildman–Crippen MR) is 59.8 cm³/mol. The standard InChI is InChI=1S/C11H23NO3/c1-5-7-12-11(2,6-8-14-3)9-10(13)15-4/h12H,5-9H2,1-4H3. The zero-order valence-corrected chi connectivity index (χ0v) is 10.3. The van der Waals surface area contributed by atoms with Crippen LogP contribution in [0.3, 0.4) is 0 Å². The summed E-state index contributed by atoms with van der Waals surface area (Å²) >= 11 is 0. The van der Waals surface area contributed by atoms with Crippen LogP contribution in [0.2, 0.25) is 0 Å². The van der Waals surface area contributed by atoms with E-state index in [2.05, 4.69) is 17.0 Å². The summed E-state index contributed by atoms with van der Waals surface area (Å²) in [6.45, 7) is 5.67. The van der Waals surface area contributed by atoms with Crippen molar-refractivity contribution in [3.8, 4) is 0 Å². The van der Waals surface area contributed by atoms with Gasteiger partial charge in [0.1, 0.15) is 0 Å². The highest BCUT2D eigenvalue weighted by Gasteiger charge is 2.26. The second kappa shape index (κ2) is 7.65. The second-order valence-electron chi connectivity index (χ2n) is 3.98. The summed E-state index contributed by atoms with van der Waals surface area (Å²) in [5.74, 6) is -0.183. The molecule has 1 N–H and O–H groups in total. The molecule has 1 unspecified atom stereocenters. The van der Waals surface area contributed by atoms with E-state index in [1.54, 1.807) is 7.11 Å². The molecule has 0 aromatic carbocycles. The van der Waals surface area contributed by atoms with Crippen LogP contribution in [0, 0.1) is 0 Å². The van der Waals surface area contributed by atoms with Crippen molar-refractivity contribution in [3.63, 3.8) is 0 Å². The maximum atomic E-state index is 11.3. The van der Waals surface area contributed by atoms with Crippen LogP contribution in [-0.2, 0) is 14.3 Å². The molecule has 0 aliphatic heterocycles. The second-order valence-corrected chi connectivity index (χ2v) is 3.98. The maximum Gasteiger partial charge on any atom is 0.307 e. The molecule has 0 radical (unpaired) electrons. The van der Waals surface area contributed by atoms with Gasteiger partial charge in [-0.2, -0.15) is 0 Å². The zero-order chi connectivity index (χ0) is 11.7. The molecular formula is C11H23NO3. The predicted octanol–water partition coefficient (Wildman–Crippen LogP) is 1.34. The van der Waals surface area contributed by atoms with Crippen molar-refractivity contribution in [1.82, 2.24) is 5.32 Å².